The molecule has 0 spiro atoms. The maximum Gasteiger partial charge on any atom is 0.00961 e. The van der Waals surface area contributed by atoms with Crippen LogP contribution in [-0.2, 0) is 0 Å². The monoisotopic (exact) mass is 287 g/mol. The van der Waals surface area contributed by atoms with Crippen molar-refractivity contribution in [3.8, 4) is 0 Å². The molecule has 1 aliphatic carbocycles. The summed E-state index contributed by atoms with van der Waals surface area (Å²) in [5.74, 6) is 1.03. The van der Waals surface area contributed by atoms with Gasteiger partial charge in [-0.05, 0) is 51.0 Å². The van der Waals surface area contributed by atoms with Crippen molar-refractivity contribution < 1.29 is 0 Å². The van der Waals surface area contributed by atoms with E-state index in [0.29, 0.717) is 0 Å². The fourth-order valence-corrected chi connectivity index (χ4v) is 3.80. The van der Waals surface area contributed by atoms with E-state index >= 15 is 0 Å². The van der Waals surface area contributed by atoms with Crippen molar-refractivity contribution in [1.29, 1.82) is 0 Å². The fraction of sp³-hybridized carbons (Fsp3) is 1.00. The largest absolute Gasteiger partial charge is 0.300 e. The standard InChI is InChI=1S/C14H26BrN/c15-10-4-8-14-9-5-11-16(14)12-13-6-2-1-3-7-13/h13-14H,1-12H2. The Morgan fingerprint density at radius 3 is 2.56 bits per heavy atom. The topological polar surface area (TPSA) is 3.24 Å². The number of likely N-dealkylation sites (tertiary alicyclic amines) is 1. The maximum atomic E-state index is 3.56. The summed E-state index contributed by atoms with van der Waals surface area (Å²) in [6.07, 6.45) is 13.1. The summed E-state index contributed by atoms with van der Waals surface area (Å²) in [6, 6.07) is 0.916. The van der Waals surface area contributed by atoms with Crippen LogP contribution in [0.25, 0.3) is 0 Å². The summed E-state index contributed by atoms with van der Waals surface area (Å²) < 4.78 is 0. The first-order chi connectivity index (χ1) is 7.90. The third kappa shape index (κ3) is 3.73. The van der Waals surface area contributed by atoms with E-state index in [9.17, 15) is 0 Å². The average Bonchev–Trinajstić information content (AvgIpc) is 2.75. The first-order valence-electron chi connectivity index (χ1n) is 7.20. The third-order valence-electron chi connectivity index (χ3n) is 4.39. The van der Waals surface area contributed by atoms with Crippen molar-refractivity contribution in [2.24, 2.45) is 5.92 Å². The molecule has 2 rings (SSSR count). The second kappa shape index (κ2) is 7.00. The molecule has 2 aliphatic rings. The highest BCUT2D eigenvalue weighted by Crippen LogP contribution is 2.28. The van der Waals surface area contributed by atoms with Gasteiger partial charge in [0.15, 0.2) is 0 Å². The smallest absolute Gasteiger partial charge is 0.00961 e. The first-order valence-corrected chi connectivity index (χ1v) is 8.32. The number of halogens is 1. The lowest BCUT2D eigenvalue weighted by atomic mass is 9.88. The van der Waals surface area contributed by atoms with Crippen LogP contribution in [0.3, 0.4) is 0 Å². The van der Waals surface area contributed by atoms with Crippen LogP contribution < -0.4 is 0 Å². The van der Waals surface area contributed by atoms with Gasteiger partial charge in [-0.3, -0.25) is 0 Å². The summed E-state index contributed by atoms with van der Waals surface area (Å²) in [5, 5.41) is 1.18. The van der Waals surface area contributed by atoms with Crippen molar-refractivity contribution in [3.63, 3.8) is 0 Å². The van der Waals surface area contributed by atoms with Gasteiger partial charge in [0.05, 0.1) is 0 Å². The molecule has 16 heavy (non-hydrogen) atoms. The van der Waals surface area contributed by atoms with E-state index < -0.39 is 0 Å². The van der Waals surface area contributed by atoms with E-state index in [1.807, 2.05) is 0 Å². The van der Waals surface area contributed by atoms with Crippen LogP contribution in [0.2, 0.25) is 0 Å². The lowest BCUT2D eigenvalue weighted by Gasteiger charge is -2.30. The minimum atomic E-state index is 0.916. The fourth-order valence-electron chi connectivity index (χ4n) is 3.48. The second-order valence-electron chi connectivity index (χ2n) is 5.63. The van der Waals surface area contributed by atoms with Crippen LogP contribution >= 0.6 is 15.9 Å². The Hall–Kier alpha value is 0.440. The molecule has 1 nitrogen and oxygen atoms in total. The van der Waals surface area contributed by atoms with Crippen molar-refractivity contribution in [3.05, 3.63) is 0 Å². The molecular weight excluding hydrogens is 262 g/mol. The zero-order chi connectivity index (χ0) is 11.2. The predicted molar refractivity (Wildman–Crippen MR) is 74.2 cm³/mol. The van der Waals surface area contributed by atoms with Gasteiger partial charge in [0, 0.05) is 17.9 Å². The first kappa shape index (κ1) is 12.9. The van der Waals surface area contributed by atoms with Crippen LogP contribution in [0.1, 0.15) is 57.8 Å². The molecule has 1 saturated heterocycles. The van der Waals surface area contributed by atoms with Crippen LogP contribution in [0.4, 0.5) is 0 Å². The van der Waals surface area contributed by atoms with Gasteiger partial charge >= 0.3 is 0 Å². The van der Waals surface area contributed by atoms with Gasteiger partial charge in [0.1, 0.15) is 0 Å². The summed E-state index contributed by atoms with van der Waals surface area (Å²) in [5.41, 5.74) is 0. The summed E-state index contributed by atoms with van der Waals surface area (Å²) in [6.45, 7) is 2.79. The molecule has 0 amide bonds. The molecule has 1 saturated carbocycles. The molecule has 0 aromatic carbocycles. The van der Waals surface area contributed by atoms with Crippen LogP contribution in [0, 0.1) is 5.92 Å². The van der Waals surface area contributed by atoms with Gasteiger partial charge in [0.2, 0.25) is 0 Å². The molecule has 2 fully saturated rings. The van der Waals surface area contributed by atoms with Gasteiger partial charge in [-0.1, -0.05) is 35.2 Å². The SMILES string of the molecule is BrCCCC1CCCN1CC1CCCCC1. The molecule has 94 valence electrons. The van der Waals surface area contributed by atoms with Crippen LogP contribution in [0.15, 0.2) is 0 Å². The number of alkyl halides is 1. The Morgan fingerprint density at radius 1 is 1.00 bits per heavy atom. The minimum Gasteiger partial charge on any atom is -0.300 e. The molecule has 0 radical (unpaired) electrons. The number of rotatable bonds is 5. The molecular formula is C14H26BrN. The highest BCUT2D eigenvalue weighted by atomic mass is 79.9. The molecule has 0 aromatic heterocycles. The zero-order valence-corrected chi connectivity index (χ0v) is 12.1. The lowest BCUT2D eigenvalue weighted by molar-refractivity contribution is 0.181. The number of nitrogens with zero attached hydrogens (tertiary/aromatic N) is 1. The molecule has 0 N–H and O–H groups in total. The van der Waals surface area contributed by atoms with E-state index in [1.54, 1.807) is 0 Å². The molecule has 2 heteroatoms. The Morgan fingerprint density at radius 2 is 1.81 bits per heavy atom. The Bertz CT molecular complexity index is 189. The highest BCUT2D eigenvalue weighted by Gasteiger charge is 2.26. The van der Waals surface area contributed by atoms with E-state index in [2.05, 4.69) is 20.8 Å². The normalized spacial score (nSPS) is 28.7. The van der Waals surface area contributed by atoms with Crippen LogP contribution in [0.5, 0.6) is 0 Å². The van der Waals surface area contributed by atoms with E-state index in [-0.39, 0.29) is 0 Å². The molecule has 1 aliphatic heterocycles. The quantitative estimate of drug-likeness (QED) is 0.685. The molecule has 0 aromatic rings. The van der Waals surface area contributed by atoms with Gasteiger partial charge in [0.25, 0.3) is 0 Å². The average molecular weight is 288 g/mol. The predicted octanol–water partition coefficient (Wildman–Crippen LogP) is 4.21. The Kier molecular flexibility index (Phi) is 5.64. The summed E-state index contributed by atoms with van der Waals surface area (Å²) in [4.78, 5) is 2.80. The van der Waals surface area contributed by atoms with Crippen molar-refractivity contribution >= 4 is 15.9 Å². The molecule has 0 bridgehead atoms. The van der Waals surface area contributed by atoms with E-state index in [4.69, 9.17) is 0 Å². The Balaban J connectivity index is 1.73. The van der Waals surface area contributed by atoms with Crippen molar-refractivity contribution in [1.82, 2.24) is 4.90 Å². The molecule has 1 unspecified atom stereocenters. The molecule has 1 atom stereocenters. The Labute approximate surface area is 109 Å². The van der Waals surface area contributed by atoms with Gasteiger partial charge in [-0.25, -0.2) is 0 Å². The van der Waals surface area contributed by atoms with Gasteiger partial charge < -0.3 is 4.90 Å². The second-order valence-corrected chi connectivity index (χ2v) is 6.42. The summed E-state index contributed by atoms with van der Waals surface area (Å²) in [7, 11) is 0. The third-order valence-corrected chi connectivity index (χ3v) is 4.95. The van der Waals surface area contributed by atoms with E-state index in [0.717, 1.165) is 12.0 Å². The van der Waals surface area contributed by atoms with Crippen molar-refractivity contribution in [2.75, 3.05) is 18.4 Å². The highest BCUT2D eigenvalue weighted by molar-refractivity contribution is 9.09. The minimum absolute atomic E-state index is 0.916. The van der Waals surface area contributed by atoms with Gasteiger partial charge in [-0.2, -0.15) is 0 Å². The summed E-state index contributed by atoms with van der Waals surface area (Å²) >= 11 is 3.56. The molecule has 1 heterocycles. The maximum absolute atomic E-state index is 3.56. The zero-order valence-electron chi connectivity index (χ0n) is 10.5. The number of hydrogen-bond donors (Lipinski definition) is 0. The van der Waals surface area contributed by atoms with E-state index in [1.165, 1.54) is 76.2 Å². The van der Waals surface area contributed by atoms with Crippen molar-refractivity contribution in [2.45, 2.75) is 63.8 Å². The van der Waals surface area contributed by atoms with Crippen LogP contribution in [-0.4, -0.2) is 29.4 Å². The van der Waals surface area contributed by atoms with Gasteiger partial charge in [-0.15, -0.1) is 0 Å². The lowest BCUT2D eigenvalue weighted by Crippen LogP contribution is -2.34. The number of hydrogen-bond acceptors (Lipinski definition) is 1.